The molecule has 3 heterocycles. The number of nitrogens with zero attached hydrogens (tertiary/aromatic N) is 3. The standard InChI is InChI=1S/C25H31N5O2S2/c1-15(2)29-17(4)14-20(18(29)5)24-23(22-9-7-8-12-26-22)27-25(33)30(24)19-10-11-21(16(3)13-19)28-34(6,31)32/h7-15,23-24,28H,1-6H3,(H,27,33)/t23-,24-/m1/s1. The number of sulfonamides is 1. The first-order valence-corrected chi connectivity index (χ1v) is 13.6. The lowest BCUT2D eigenvalue weighted by Gasteiger charge is -2.29. The third-order valence-corrected chi connectivity index (χ3v) is 7.15. The molecule has 2 N–H and O–H groups in total. The molecule has 1 fully saturated rings. The van der Waals surface area contributed by atoms with E-state index in [1.807, 2.05) is 37.3 Å². The van der Waals surface area contributed by atoms with Crippen molar-refractivity contribution in [1.82, 2.24) is 14.9 Å². The molecule has 0 bridgehead atoms. The fourth-order valence-electron chi connectivity index (χ4n) is 4.96. The smallest absolute Gasteiger partial charge is 0.229 e. The Hall–Kier alpha value is -2.91. The lowest BCUT2D eigenvalue weighted by Crippen LogP contribution is -2.29. The van der Waals surface area contributed by atoms with Gasteiger partial charge in [0.05, 0.1) is 29.7 Å². The lowest BCUT2D eigenvalue weighted by molar-refractivity contribution is 0.547. The van der Waals surface area contributed by atoms with E-state index in [4.69, 9.17) is 12.2 Å². The van der Waals surface area contributed by atoms with Crippen LogP contribution in [-0.2, 0) is 10.0 Å². The maximum absolute atomic E-state index is 11.7. The van der Waals surface area contributed by atoms with Gasteiger partial charge in [-0.3, -0.25) is 9.71 Å². The van der Waals surface area contributed by atoms with Crippen LogP contribution in [0.15, 0.2) is 48.7 Å². The van der Waals surface area contributed by atoms with Crippen LogP contribution in [0.4, 0.5) is 11.4 Å². The Kier molecular flexibility index (Phi) is 6.44. The van der Waals surface area contributed by atoms with Crippen molar-refractivity contribution in [3.05, 3.63) is 76.9 Å². The fraction of sp³-hybridized carbons (Fsp3) is 0.360. The first kappa shape index (κ1) is 24.2. The molecule has 0 aliphatic carbocycles. The van der Waals surface area contributed by atoms with Crippen LogP contribution in [-0.4, -0.2) is 29.3 Å². The molecule has 3 aromatic rings. The van der Waals surface area contributed by atoms with Crippen LogP contribution >= 0.6 is 12.2 Å². The number of anilines is 2. The molecule has 9 heteroatoms. The summed E-state index contributed by atoms with van der Waals surface area (Å²) in [6.45, 7) is 10.5. The average Bonchev–Trinajstić information content (AvgIpc) is 3.24. The van der Waals surface area contributed by atoms with Gasteiger partial charge in [0.15, 0.2) is 5.11 Å². The highest BCUT2D eigenvalue weighted by molar-refractivity contribution is 7.92. The number of nitrogens with one attached hydrogen (secondary N) is 2. The summed E-state index contributed by atoms with van der Waals surface area (Å²) < 4.78 is 28.4. The first-order valence-electron chi connectivity index (χ1n) is 11.3. The van der Waals surface area contributed by atoms with E-state index in [2.05, 4.69) is 58.3 Å². The van der Waals surface area contributed by atoms with Crippen LogP contribution in [0.5, 0.6) is 0 Å². The average molecular weight is 498 g/mol. The number of benzene rings is 1. The Labute approximate surface area is 207 Å². The van der Waals surface area contributed by atoms with Crippen molar-refractivity contribution in [2.24, 2.45) is 0 Å². The van der Waals surface area contributed by atoms with Crippen molar-refractivity contribution in [3.8, 4) is 0 Å². The van der Waals surface area contributed by atoms with Gasteiger partial charge in [0, 0.05) is 29.3 Å². The van der Waals surface area contributed by atoms with Gasteiger partial charge >= 0.3 is 0 Å². The summed E-state index contributed by atoms with van der Waals surface area (Å²) in [6, 6.07) is 13.9. The van der Waals surface area contributed by atoms with Gasteiger partial charge in [0.25, 0.3) is 0 Å². The number of aryl methyl sites for hydroxylation is 2. The lowest BCUT2D eigenvalue weighted by atomic mass is 9.96. The minimum Gasteiger partial charge on any atom is -0.351 e. The van der Waals surface area contributed by atoms with Gasteiger partial charge in [0.2, 0.25) is 10.0 Å². The molecule has 180 valence electrons. The van der Waals surface area contributed by atoms with Crippen molar-refractivity contribution in [3.63, 3.8) is 0 Å². The van der Waals surface area contributed by atoms with Crippen LogP contribution < -0.4 is 14.9 Å². The largest absolute Gasteiger partial charge is 0.351 e. The second-order valence-corrected chi connectivity index (χ2v) is 11.3. The second kappa shape index (κ2) is 9.03. The number of hydrogen-bond donors (Lipinski definition) is 2. The highest BCUT2D eigenvalue weighted by atomic mass is 32.2. The van der Waals surface area contributed by atoms with E-state index < -0.39 is 10.0 Å². The quantitative estimate of drug-likeness (QED) is 0.470. The molecule has 0 saturated carbocycles. The minimum atomic E-state index is -3.37. The monoisotopic (exact) mass is 497 g/mol. The zero-order chi connectivity index (χ0) is 24.8. The Morgan fingerprint density at radius 3 is 2.41 bits per heavy atom. The van der Waals surface area contributed by atoms with Crippen LogP contribution in [0.3, 0.4) is 0 Å². The van der Waals surface area contributed by atoms with Gasteiger partial charge in [0.1, 0.15) is 0 Å². The molecule has 0 radical (unpaired) electrons. The Bertz CT molecular complexity index is 1330. The molecule has 1 saturated heterocycles. The predicted octanol–water partition coefficient (Wildman–Crippen LogP) is 4.94. The van der Waals surface area contributed by atoms with Crippen molar-refractivity contribution >= 4 is 38.7 Å². The number of rotatable bonds is 6. The molecular weight excluding hydrogens is 466 g/mol. The van der Waals surface area contributed by atoms with Gasteiger partial charge in [-0.2, -0.15) is 0 Å². The Morgan fingerprint density at radius 1 is 1.12 bits per heavy atom. The number of pyridine rings is 1. The molecule has 2 atom stereocenters. The van der Waals surface area contributed by atoms with E-state index in [9.17, 15) is 8.42 Å². The predicted molar refractivity (Wildman–Crippen MR) is 142 cm³/mol. The Morgan fingerprint density at radius 2 is 1.85 bits per heavy atom. The molecule has 4 rings (SSSR count). The molecule has 7 nitrogen and oxygen atoms in total. The highest BCUT2D eigenvalue weighted by Crippen LogP contribution is 2.44. The van der Waals surface area contributed by atoms with E-state index in [0.717, 1.165) is 23.2 Å². The summed E-state index contributed by atoms with van der Waals surface area (Å²) in [5.41, 5.74) is 6.76. The normalized spacial score (nSPS) is 18.4. The maximum Gasteiger partial charge on any atom is 0.229 e. The third-order valence-electron chi connectivity index (χ3n) is 6.24. The van der Waals surface area contributed by atoms with Crippen LogP contribution in [0.25, 0.3) is 0 Å². The Balaban J connectivity index is 1.85. The van der Waals surface area contributed by atoms with E-state index >= 15 is 0 Å². The molecule has 0 unspecified atom stereocenters. The number of thiocarbonyl (C=S) groups is 1. The van der Waals surface area contributed by atoms with E-state index in [0.29, 0.717) is 16.8 Å². The molecule has 1 aliphatic rings. The van der Waals surface area contributed by atoms with Gasteiger partial charge in [-0.1, -0.05) is 6.07 Å². The zero-order valence-corrected chi connectivity index (χ0v) is 22.0. The van der Waals surface area contributed by atoms with Crippen molar-refractivity contribution in [2.75, 3.05) is 15.9 Å². The van der Waals surface area contributed by atoms with Crippen molar-refractivity contribution in [1.29, 1.82) is 0 Å². The van der Waals surface area contributed by atoms with Crippen LogP contribution in [0.1, 0.15) is 60.2 Å². The summed E-state index contributed by atoms with van der Waals surface area (Å²) in [5.74, 6) is 0. The molecule has 0 spiro atoms. The molecule has 34 heavy (non-hydrogen) atoms. The van der Waals surface area contributed by atoms with Gasteiger partial charge in [-0.25, -0.2) is 8.42 Å². The summed E-state index contributed by atoms with van der Waals surface area (Å²) in [7, 11) is -3.37. The van der Waals surface area contributed by atoms with E-state index in [1.165, 1.54) is 17.0 Å². The van der Waals surface area contributed by atoms with Gasteiger partial charge in [-0.15, -0.1) is 0 Å². The van der Waals surface area contributed by atoms with E-state index in [1.54, 1.807) is 12.3 Å². The van der Waals surface area contributed by atoms with Gasteiger partial charge in [-0.05, 0) is 94.4 Å². The SMILES string of the molecule is Cc1cc(N2C(=S)N[C@H](c3ccccn3)[C@H]2c2cc(C)n(C(C)C)c2C)ccc1NS(C)(=O)=O. The molecular formula is C25H31N5O2S2. The second-order valence-electron chi connectivity index (χ2n) is 9.16. The first-order chi connectivity index (χ1) is 16.0. The molecule has 2 aromatic heterocycles. The summed E-state index contributed by atoms with van der Waals surface area (Å²) in [6.07, 6.45) is 2.95. The summed E-state index contributed by atoms with van der Waals surface area (Å²) in [4.78, 5) is 6.76. The molecule has 1 aliphatic heterocycles. The minimum absolute atomic E-state index is 0.116. The maximum atomic E-state index is 11.7. The van der Waals surface area contributed by atoms with Crippen LogP contribution in [0.2, 0.25) is 0 Å². The van der Waals surface area contributed by atoms with Crippen molar-refractivity contribution in [2.45, 2.75) is 52.7 Å². The fourth-order valence-corrected chi connectivity index (χ4v) is 5.93. The number of hydrogen-bond acceptors (Lipinski definition) is 4. The molecule has 0 amide bonds. The highest BCUT2D eigenvalue weighted by Gasteiger charge is 2.42. The number of aromatic nitrogens is 2. The zero-order valence-electron chi connectivity index (χ0n) is 20.3. The van der Waals surface area contributed by atoms with E-state index in [-0.39, 0.29) is 12.1 Å². The van der Waals surface area contributed by atoms with Gasteiger partial charge < -0.3 is 14.8 Å². The summed E-state index contributed by atoms with van der Waals surface area (Å²) >= 11 is 5.84. The summed E-state index contributed by atoms with van der Waals surface area (Å²) in [5, 5.41) is 4.11. The third kappa shape index (κ3) is 4.54. The van der Waals surface area contributed by atoms with Crippen LogP contribution in [0, 0.1) is 20.8 Å². The topological polar surface area (TPSA) is 79.3 Å². The molecule has 1 aromatic carbocycles. The van der Waals surface area contributed by atoms with Crippen molar-refractivity contribution < 1.29 is 8.42 Å².